The predicted molar refractivity (Wildman–Crippen MR) is 138 cm³/mol. The molecule has 11 heteroatoms. The van der Waals surface area contributed by atoms with Crippen molar-refractivity contribution in [2.75, 3.05) is 18.3 Å². The molecule has 2 bridgehead atoms. The van der Waals surface area contributed by atoms with Crippen LogP contribution in [0.2, 0.25) is 0 Å². The minimum atomic E-state index is -0.841. The highest BCUT2D eigenvalue weighted by Gasteiger charge is 2.39. The number of amides is 2. The molecule has 2 amide bonds. The van der Waals surface area contributed by atoms with Crippen LogP contribution >= 0.6 is 0 Å². The molecule has 2 aliphatic rings. The van der Waals surface area contributed by atoms with Crippen molar-refractivity contribution >= 4 is 11.8 Å². The summed E-state index contributed by atoms with van der Waals surface area (Å²) in [6, 6.07) is 11.1. The van der Waals surface area contributed by atoms with Gasteiger partial charge < -0.3 is 20.1 Å². The van der Waals surface area contributed by atoms with Gasteiger partial charge in [0.05, 0.1) is 12.6 Å². The number of benzene rings is 2. The number of aliphatic hydroxyl groups is 1. The van der Waals surface area contributed by atoms with Crippen LogP contribution in [0.4, 0.5) is 8.78 Å². The van der Waals surface area contributed by atoms with E-state index in [9.17, 15) is 28.3 Å². The number of hydrogen-bond donors (Lipinski definition) is 2. The van der Waals surface area contributed by atoms with Gasteiger partial charge in [-0.1, -0.05) is 48.6 Å². The molecule has 0 radical (unpaired) electrons. The van der Waals surface area contributed by atoms with Crippen molar-refractivity contribution in [2.24, 2.45) is 0 Å². The number of nitrogens with zero attached hydrogens (tertiary/aromatic N) is 3. The summed E-state index contributed by atoms with van der Waals surface area (Å²) in [6.07, 6.45) is 4.77. The van der Waals surface area contributed by atoms with Gasteiger partial charge in [-0.05, 0) is 18.6 Å². The number of pyridine rings is 1. The summed E-state index contributed by atoms with van der Waals surface area (Å²) in [5.41, 5.74) is -0.464. The average molecular weight is 537 g/mol. The number of ether oxygens (including phenoxy) is 1. The number of nitrogens with one attached hydrogen (secondary N) is 1. The van der Waals surface area contributed by atoms with Gasteiger partial charge in [-0.3, -0.25) is 24.1 Å². The summed E-state index contributed by atoms with van der Waals surface area (Å²) in [7, 11) is 0. The van der Waals surface area contributed by atoms with Crippen molar-refractivity contribution in [1.29, 1.82) is 0 Å². The van der Waals surface area contributed by atoms with Crippen molar-refractivity contribution in [1.82, 2.24) is 14.9 Å². The number of hydrogen-bond acceptors (Lipinski definition) is 6. The Morgan fingerprint density at radius 3 is 2.62 bits per heavy atom. The molecule has 1 aromatic heterocycles. The molecular weight excluding hydrogens is 510 g/mol. The van der Waals surface area contributed by atoms with Crippen molar-refractivity contribution in [3.05, 3.63) is 111 Å². The third-order valence-electron chi connectivity index (χ3n) is 6.78. The van der Waals surface area contributed by atoms with Gasteiger partial charge in [-0.25, -0.2) is 8.78 Å². The largest absolute Gasteiger partial charge is 0.482 e. The van der Waals surface area contributed by atoms with E-state index in [2.05, 4.69) is 5.32 Å². The van der Waals surface area contributed by atoms with E-state index < -0.39 is 34.9 Å². The molecule has 0 saturated carbocycles. The summed E-state index contributed by atoms with van der Waals surface area (Å²) in [5, 5.41) is 14.2. The lowest BCUT2D eigenvalue weighted by atomic mass is 10.1. The SMILES string of the molecule is C[C@H]1C=C[C@@H](CO)N2CN1C(=O)c1c(OCc3ccccc3)c(=O)c(C(=O)NCc3ccc(F)cc3F)cn12. The maximum atomic E-state index is 14.1. The lowest BCUT2D eigenvalue weighted by Crippen LogP contribution is -2.59. The molecule has 5 rings (SSSR count). The first-order valence-electron chi connectivity index (χ1n) is 12.3. The second kappa shape index (κ2) is 10.7. The molecule has 0 saturated heterocycles. The van der Waals surface area contributed by atoms with E-state index in [1.54, 1.807) is 41.4 Å². The number of rotatable bonds is 7. The molecule has 0 spiro atoms. The molecule has 202 valence electrons. The van der Waals surface area contributed by atoms with E-state index in [0.717, 1.165) is 11.6 Å². The summed E-state index contributed by atoms with van der Waals surface area (Å²) in [4.78, 5) is 42.0. The van der Waals surface area contributed by atoms with Gasteiger partial charge >= 0.3 is 0 Å². The van der Waals surface area contributed by atoms with Crippen molar-refractivity contribution in [2.45, 2.75) is 32.2 Å². The van der Waals surface area contributed by atoms with Crippen molar-refractivity contribution < 1.29 is 28.2 Å². The fraction of sp³-hybridized carbons (Fsp3) is 0.250. The highest BCUT2D eigenvalue weighted by atomic mass is 19.1. The second-order valence-corrected chi connectivity index (χ2v) is 9.32. The highest BCUT2D eigenvalue weighted by Crippen LogP contribution is 2.27. The molecule has 0 aliphatic carbocycles. The van der Waals surface area contributed by atoms with E-state index in [-0.39, 0.29) is 55.0 Å². The quantitative estimate of drug-likeness (QED) is 0.450. The first-order chi connectivity index (χ1) is 18.8. The second-order valence-electron chi connectivity index (χ2n) is 9.32. The van der Waals surface area contributed by atoms with Crippen LogP contribution in [0.3, 0.4) is 0 Å². The molecule has 3 aromatic rings. The molecule has 2 aromatic carbocycles. The number of aliphatic hydroxyl groups excluding tert-OH is 1. The highest BCUT2D eigenvalue weighted by molar-refractivity contribution is 5.99. The van der Waals surface area contributed by atoms with Crippen LogP contribution in [-0.2, 0) is 13.2 Å². The Morgan fingerprint density at radius 1 is 1.13 bits per heavy atom. The zero-order chi connectivity index (χ0) is 27.7. The lowest BCUT2D eigenvalue weighted by Gasteiger charge is -2.42. The van der Waals surface area contributed by atoms with Gasteiger partial charge in [0.25, 0.3) is 11.8 Å². The fourth-order valence-electron chi connectivity index (χ4n) is 4.59. The molecule has 3 heterocycles. The van der Waals surface area contributed by atoms with Crippen molar-refractivity contribution in [3.8, 4) is 5.75 Å². The number of halogens is 2. The monoisotopic (exact) mass is 536 g/mol. The van der Waals surface area contributed by atoms with Crippen LogP contribution in [0, 0.1) is 11.6 Å². The first-order valence-corrected chi connectivity index (χ1v) is 12.3. The Balaban J connectivity index is 1.57. The van der Waals surface area contributed by atoms with Crippen LogP contribution in [0.25, 0.3) is 0 Å². The minimum Gasteiger partial charge on any atom is -0.482 e. The molecule has 0 fully saturated rings. The molecule has 2 atom stereocenters. The van der Waals surface area contributed by atoms with E-state index in [1.807, 2.05) is 13.0 Å². The van der Waals surface area contributed by atoms with E-state index in [4.69, 9.17) is 4.74 Å². The Hall–Kier alpha value is -4.51. The van der Waals surface area contributed by atoms with Gasteiger partial charge in [0.2, 0.25) is 5.43 Å². The number of carbonyl (C=O) groups is 2. The van der Waals surface area contributed by atoms with Gasteiger partial charge in [-0.15, -0.1) is 0 Å². The Labute approximate surface area is 222 Å². The molecule has 0 unspecified atom stereocenters. The maximum Gasteiger partial charge on any atom is 0.278 e. The summed E-state index contributed by atoms with van der Waals surface area (Å²) < 4.78 is 34.7. The summed E-state index contributed by atoms with van der Waals surface area (Å²) in [6.45, 7) is 1.28. The number of aromatic nitrogens is 1. The first kappa shape index (κ1) is 26.1. The van der Waals surface area contributed by atoms with Crippen molar-refractivity contribution in [3.63, 3.8) is 0 Å². The molecular formula is C28H26F2N4O5. The van der Waals surface area contributed by atoms with Crippen LogP contribution in [0.1, 0.15) is 38.9 Å². The summed E-state index contributed by atoms with van der Waals surface area (Å²) >= 11 is 0. The Bertz CT molecular complexity index is 1510. The van der Waals surface area contributed by atoms with E-state index in [0.29, 0.717) is 6.07 Å². The maximum absolute atomic E-state index is 14.1. The Kier molecular flexibility index (Phi) is 7.16. The average Bonchev–Trinajstić information content (AvgIpc) is 3.07. The molecule has 2 aliphatic heterocycles. The molecule has 39 heavy (non-hydrogen) atoms. The van der Waals surface area contributed by atoms with Crippen LogP contribution < -0.4 is 20.5 Å². The Morgan fingerprint density at radius 2 is 1.90 bits per heavy atom. The van der Waals surface area contributed by atoms with Crippen LogP contribution in [-0.4, -0.2) is 51.9 Å². The number of carbonyl (C=O) groups excluding carboxylic acids is 2. The standard InChI is InChI=1S/C28H26F2N4O5/c1-17-7-10-21(14-35)34-16-32(17)28(38)24-26(39-15-18-5-3-2-4-6-18)25(36)22(13-33(24)34)27(37)31-12-19-8-9-20(29)11-23(19)30/h2-11,13,17,21,35H,12,14-16H2,1H3,(H,31,37)/t17-,21-/m0/s1. The smallest absolute Gasteiger partial charge is 0.278 e. The lowest BCUT2D eigenvalue weighted by molar-refractivity contribution is 0.0640. The van der Waals surface area contributed by atoms with E-state index >= 15 is 0 Å². The van der Waals surface area contributed by atoms with Gasteiger partial charge in [-0.2, -0.15) is 0 Å². The predicted octanol–water partition coefficient (Wildman–Crippen LogP) is 2.31. The van der Waals surface area contributed by atoms with Gasteiger partial charge in [0.1, 0.15) is 30.5 Å². The zero-order valence-electron chi connectivity index (χ0n) is 21.0. The molecule has 9 nitrogen and oxygen atoms in total. The molecule has 2 N–H and O–H groups in total. The van der Waals surface area contributed by atoms with Gasteiger partial charge in [0, 0.05) is 30.4 Å². The fourth-order valence-corrected chi connectivity index (χ4v) is 4.59. The van der Waals surface area contributed by atoms with Gasteiger partial charge in [0.15, 0.2) is 11.4 Å². The zero-order valence-corrected chi connectivity index (χ0v) is 21.0. The van der Waals surface area contributed by atoms with E-state index in [1.165, 1.54) is 21.8 Å². The topological polar surface area (TPSA) is 104 Å². The minimum absolute atomic E-state index is 0.0289. The third-order valence-corrected chi connectivity index (χ3v) is 6.78. The third kappa shape index (κ3) is 5.00. The van der Waals surface area contributed by atoms with Crippen LogP contribution in [0.5, 0.6) is 5.75 Å². The summed E-state index contributed by atoms with van der Waals surface area (Å²) in [5.74, 6) is -3.22. The normalized spacial score (nSPS) is 18.0. The number of fused-ring (bicyclic) bond motifs is 4. The van der Waals surface area contributed by atoms with Crippen LogP contribution in [0.15, 0.2) is 71.7 Å².